The molecule has 0 aliphatic heterocycles. The molecule has 0 saturated heterocycles. The zero-order chi connectivity index (χ0) is 14.8. The number of halogens is 1. The van der Waals surface area contributed by atoms with E-state index in [9.17, 15) is 0 Å². The fraction of sp³-hybridized carbons (Fsp3) is 0.647. The molecule has 3 heteroatoms. The number of benzene rings is 1. The molecular weight excluding hydrogens is 268 g/mol. The quantitative estimate of drug-likeness (QED) is 0.896. The average molecular weight is 295 g/mol. The van der Waals surface area contributed by atoms with Crippen LogP contribution >= 0.6 is 11.6 Å². The molecule has 2 nitrogen and oxygen atoms in total. The smallest absolute Gasteiger partial charge is 0.0505 e. The van der Waals surface area contributed by atoms with Crippen LogP contribution in [-0.4, -0.2) is 31.6 Å². The van der Waals surface area contributed by atoms with E-state index in [2.05, 4.69) is 56.5 Å². The van der Waals surface area contributed by atoms with Gasteiger partial charge in [-0.1, -0.05) is 43.0 Å². The molecule has 0 aromatic heterocycles. The van der Waals surface area contributed by atoms with E-state index in [0.29, 0.717) is 6.04 Å². The lowest BCUT2D eigenvalue weighted by molar-refractivity contribution is 0.0594. The van der Waals surface area contributed by atoms with E-state index in [-0.39, 0.29) is 5.54 Å². The number of hydrogen-bond donors (Lipinski definition) is 1. The molecule has 20 heavy (non-hydrogen) atoms. The van der Waals surface area contributed by atoms with Gasteiger partial charge in [-0.05, 0) is 58.1 Å². The Morgan fingerprint density at radius 3 is 2.35 bits per heavy atom. The molecule has 1 aliphatic carbocycles. The molecule has 1 aromatic carbocycles. The minimum absolute atomic E-state index is 0.200. The zero-order valence-corrected chi connectivity index (χ0v) is 13.9. The Balaban J connectivity index is 2.39. The summed E-state index contributed by atoms with van der Waals surface area (Å²) >= 11 is 6.34. The molecule has 112 valence electrons. The fourth-order valence-corrected chi connectivity index (χ4v) is 3.88. The summed E-state index contributed by atoms with van der Waals surface area (Å²) in [4.78, 5) is 2.42. The maximum absolute atomic E-state index is 6.34. The van der Waals surface area contributed by atoms with Crippen LogP contribution in [0.4, 0.5) is 0 Å². The molecule has 2 rings (SSSR count). The van der Waals surface area contributed by atoms with Crippen LogP contribution in [-0.2, 0) is 0 Å². The summed E-state index contributed by atoms with van der Waals surface area (Å²) in [6.45, 7) is 2.06. The van der Waals surface area contributed by atoms with Crippen molar-refractivity contribution in [1.82, 2.24) is 10.2 Å². The van der Waals surface area contributed by atoms with Crippen LogP contribution in [0.2, 0.25) is 5.02 Å². The summed E-state index contributed by atoms with van der Waals surface area (Å²) in [5.74, 6) is 0. The van der Waals surface area contributed by atoms with Crippen molar-refractivity contribution in [1.29, 1.82) is 0 Å². The predicted molar refractivity (Wildman–Crippen MR) is 87.5 cm³/mol. The molecule has 1 atom stereocenters. The van der Waals surface area contributed by atoms with Crippen LogP contribution < -0.4 is 5.32 Å². The van der Waals surface area contributed by atoms with Gasteiger partial charge in [-0.3, -0.25) is 0 Å². The SMILES string of the molecule is CNC(c1ccc(C)c(Cl)c1)C1(N(C)C)CCCCC1. The normalized spacial score (nSPS) is 20.1. The number of nitrogens with one attached hydrogen (secondary N) is 1. The molecule has 0 amide bonds. The maximum Gasteiger partial charge on any atom is 0.0505 e. The van der Waals surface area contributed by atoms with Gasteiger partial charge >= 0.3 is 0 Å². The van der Waals surface area contributed by atoms with Gasteiger partial charge < -0.3 is 10.2 Å². The summed E-state index contributed by atoms with van der Waals surface area (Å²) in [6, 6.07) is 6.82. The molecule has 1 unspecified atom stereocenters. The standard InChI is InChI=1S/C17H27ClN2/c1-13-8-9-14(12-15(13)18)16(19-2)17(20(3)4)10-6-5-7-11-17/h8-9,12,16,19H,5-7,10-11H2,1-4H3. The van der Waals surface area contributed by atoms with E-state index in [4.69, 9.17) is 11.6 Å². The molecule has 1 N–H and O–H groups in total. The third-order valence-corrected chi connectivity index (χ3v) is 5.37. The summed E-state index contributed by atoms with van der Waals surface area (Å²) in [5, 5.41) is 4.42. The lowest BCUT2D eigenvalue weighted by Crippen LogP contribution is -2.54. The Morgan fingerprint density at radius 2 is 1.85 bits per heavy atom. The highest BCUT2D eigenvalue weighted by atomic mass is 35.5. The van der Waals surface area contributed by atoms with Gasteiger partial charge in [0.1, 0.15) is 0 Å². The van der Waals surface area contributed by atoms with Gasteiger partial charge in [0.25, 0.3) is 0 Å². The second-order valence-electron chi connectivity index (χ2n) is 6.29. The van der Waals surface area contributed by atoms with Crippen LogP contribution in [0.15, 0.2) is 18.2 Å². The van der Waals surface area contributed by atoms with Crippen molar-refractivity contribution in [3.05, 3.63) is 34.3 Å². The topological polar surface area (TPSA) is 15.3 Å². The minimum Gasteiger partial charge on any atom is -0.311 e. The number of likely N-dealkylation sites (N-methyl/N-ethyl adjacent to an activating group) is 2. The Bertz CT molecular complexity index is 450. The average Bonchev–Trinajstić information content (AvgIpc) is 2.44. The van der Waals surface area contributed by atoms with Gasteiger partial charge in [-0.25, -0.2) is 0 Å². The van der Waals surface area contributed by atoms with Crippen LogP contribution in [0, 0.1) is 6.92 Å². The molecule has 1 fully saturated rings. The Kier molecular flexibility index (Phi) is 5.11. The van der Waals surface area contributed by atoms with Crippen molar-refractivity contribution in [3.63, 3.8) is 0 Å². The number of aryl methyl sites for hydroxylation is 1. The minimum atomic E-state index is 0.200. The van der Waals surface area contributed by atoms with Crippen molar-refractivity contribution in [2.45, 2.75) is 50.6 Å². The van der Waals surface area contributed by atoms with Gasteiger partial charge in [-0.15, -0.1) is 0 Å². The highest BCUT2D eigenvalue weighted by molar-refractivity contribution is 6.31. The largest absolute Gasteiger partial charge is 0.311 e. The van der Waals surface area contributed by atoms with Crippen LogP contribution in [0.3, 0.4) is 0 Å². The van der Waals surface area contributed by atoms with Gasteiger partial charge in [0, 0.05) is 10.6 Å². The van der Waals surface area contributed by atoms with Crippen LogP contribution in [0.1, 0.15) is 49.3 Å². The second-order valence-corrected chi connectivity index (χ2v) is 6.70. The lowest BCUT2D eigenvalue weighted by Gasteiger charge is -2.48. The van der Waals surface area contributed by atoms with Gasteiger partial charge in [0.15, 0.2) is 0 Å². The van der Waals surface area contributed by atoms with Crippen molar-refractivity contribution >= 4 is 11.6 Å². The summed E-state index contributed by atoms with van der Waals surface area (Å²) in [7, 11) is 6.50. The molecule has 0 radical (unpaired) electrons. The Morgan fingerprint density at radius 1 is 1.20 bits per heavy atom. The summed E-state index contributed by atoms with van der Waals surface area (Å²) in [6.07, 6.45) is 6.49. The van der Waals surface area contributed by atoms with Crippen molar-refractivity contribution in [3.8, 4) is 0 Å². The Labute approximate surface area is 128 Å². The van der Waals surface area contributed by atoms with Crippen LogP contribution in [0.25, 0.3) is 0 Å². The number of hydrogen-bond acceptors (Lipinski definition) is 2. The third kappa shape index (κ3) is 2.88. The fourth-order valence-electron chi connectivity index (χ4n) is 3.69. The van der Waals surface area contributed by atoms with Crippen molar-refractivity contribution in [2.75, 3.05) is 21.1 Å². The second kappa shape index (κ2) is 6.46. The highest BCUT2D eigenvalue weighted by Gasteiger charge is 2.41. The highest BCUT2D eigenvalue weighted by Crippen LogP contribution is 2.42. The molecule has 0 spiro atoms. The summed E-state index contributed by atoms with van der Waals surface area (Å²) < 4.78 is 0. The van der Waals surface area contributed by atoms with Gasteiger partial charge in [-0.2, -0.15) is 0 Å². The van der Waals surface area contributed by atoms with E-state index in [0.717, 1.165) is 10.6 Å². The first-order chi connectivity index (χ1) is 9.51. The third-order valence-electron chi connectivity index (χ3n) is 4.97. The van der Waals surface area contributed by atoms with Gasteiger partial charge in [0.2, 0.25) is 0 Å². The van der Waals surface area contributed by atoms with E-state index >= 15 is 0 Å². The van der Waals surface area contributed by atoms with E-state index in [1.165, 1.54) is 37.7 Å². The van der Waals surface area contributed by atoms with E-state index < -0.39 is 0 Å². The first kappa shape index (κ1) is 15.8. The first-order valence-electron chi connectivity index (χ1n) is 7.62. The number of nitrogens with zero attached hydrogens (tertiary/aromatic N) is 1. The summed E-state index contributed by atoms with van der Waals surface area (Å²) in [5.41, 5.74) is 2.65. The van der Waals surface area contributed by atoms with Crippen LogP contribution in [0.5, 0.6) is 0 Å². The molecule has 0 bridgehead atoms. The Hall–Kier alpha value is -0.570. The van der Waals surface area contributed by atoms with Crippen molar-refractivity contribution < 1.29 is 0 Å². The van der Waals surface area contributed by atoms with E-state index in [1.54, 1.807) is 0 Å². The maximum atomic E-state index is 6.34. The first-order valence-corrected chi connectivity index (χ1v) is 8.00. The molecule has 1 saturated carbocycles. The lowest BCUT2D eigenvalue weighted by atomic mass is 9.73. The molecule has 1 aromatic rings. The van der Waals surface area contributed by atoms with E-state index in [1.807, 2.05) is 0 Å². The molecule has 0 heterocycles. The monoisotopic (exact) mass is 294 g/mol. The molecular formula is C17H27ClN2. The predicted octanol–water partition coefficient (Wildman–Crippen LogP) is 4.17. The molecule has 1 aliphatic rings. The van der Waals surface area contributed by atoms with Crippen molar-refractivity contribution in [2.24, 2.45) is 0 Å². The zero-order valence-electron chi connectivity index (χ0n) is 13.2. The number of rotatable bonds is 4. The van der Waals surface area contributed by atoms with Gasteiger partial charge in [0.05, 0.1) is 6.04 Å².